The van der Waals surface area contributed by atoms with Crippen LogP contribution in [0.1, 0.15) is 67.2 Å². The van der Waals surface area contributed by atoms with Crippen LogP contribution in [0, 0.1) is 5.41 Å². The molecule has 0 spiro atoms. The summed E-state index contributed by atoms with van der Waals surface area (Å²) in [6.07, 6.45) is 2.94. The fraction of sp³-hybridized carbons (Fsp3) is 0.588. The molecule has 1 aromatic rings. The number of hydrogen-bond acceptors (Lipinski definition) is 4. The highest BCUT2D eigenvalue weighted by molar-refractivity contribution is 5.99. The minimum Gasteiger partial charge on any atom is -0.380 e. The van der Waals surface area contributed by atoms with Crippen LogP contribution in [0.25, 0.3) is 0 Å². The van der Waals surface area contributed by atoms with Gasteiger partial charge in [-0.3, -0.25) is 14.6 Å². The van der Waals surface area contributed by atoms with E-state index in [4.69, 9.17) is 9.72 Å². The summed E-state index contributed by atoms with van der Waals surface area (Å²) in [5, 5.41) is 2.92. The van der Waals surface area contributed by atoms with Crippen molar-refractivity contribution in [3.8, 4) is 0 Å². The van der Waals surface area contributed by atoms with Gasteiger partial charge in [0.15, 0.2) is 6.29 Å². The lowest BCUT2D eigenvalue weighted by Crippen LogP contribution is -2.30. The minimum absolute atomic E-state index is 0.0978. The topological polar surface area (TPSA) is 68.3 Å². The van der Waals surface area contributed by atoms with Gasteiger partial charge in [-0.2, -0.15) is 0 Å². The Bertz CT molecular complexity index is 611. The van der Waals surface area contributed by atoms with Gasteiger partial charge in [0.2, 0.25) is 5.91 Å². The molecule has 0 bridgehead atoms. The van der Waals surface area contributed by atoms with E-state index < -0.39 is 5.41 Å². The Morgan fingerprint density at radius 2 is 2.00 bits per heavy atom. The van der Waals surface area contributed by atoms with Crippen LogP contribution in [-0.2, 0) is 9.53 Å². The maximum absolute atomic E-state index is 12.3. The number of amides is 1. The average Bonchev–Trinajstić information content (AvgIpc) is 3.19. The van der Waals surface area contributed by atoms with Crippen molar-refractivity contribution in [3.05, 3.63) is 23.0 Å². The molecule has 118 valence electrons. The number of ether oxygens (including phenoxy) is 1. The van der Waals surface area contributed by atoms with Crippen molar-refractivity contribution in [2.45, 2.75) is 45.4 Å². The number of carbonyl (C=O) groups excluding carboxylic acids is 2. The van der Waals surface area contributed by atoms with E-state index in [1.165, 1.54) is 0 Å². The summed E-state index contributed by atoms with van der Waals surface area (Å²) in [5.74, 6) is 0.522. The molecule has 2 fully saturated rings. The van der Waals surface area contributed by atoms with Gasteiger partial charge in [0.05, 0.1) is 35.9 Å². The van der Waals surface area contributed by atoms with Crippen LogP contribution in [-0.4, -0.2) is 30.4 Å². The number of aromatic nitrogens is 1. The van der Waals surface area contributed by atoms with Crippen LogP contribution < -0.4 is 5.32 Å². The highest BCUT2D eigenvalue weighted by Crippen LogP contribution is 2.43. The highest BCUT2D eigenvalue weighted by Gasteiger charge is 2.33. The van der Waals surface area contributed by atoms with Gasteiger partial charge in [-0.25, -0.2) is 0 Å². The molecule has 1 aliphatic heterocycles. The number of aldehydes is 1. The lowest BCUT2D eigenvalue weighted by Gasteiger charge is -2.27. The lowest BCUT2D eigenvalue weighted by atomic mass is 9.94. The molecule has 0 aromatic carbocycles. The minimum atomic E-state index is -0.511. The molecule has 5 heteroatoms. The van der Waals surface area contributed by atoms with E-state index in [1.54, 1.807) is 0 Å². The molecule has 1 aliphatic carbocycles. The Morgan fingerprint density at radius 3 is 2.45 bits per heavy atom. The molecule has 1 amide bonds. The largest absolute Gasteiger partial charge is 0.380 e. The Hall–Kier alpha value is -1.75. The number of pyridine rings is 1. The molecule has 3 rings (SSSR count). The van der Waals surface area contributed by atoms with Crippen molar-refractivity contribution in [2.75, 3.05) is 18.5 Å². The van der Waals surface area contributed by atoms with Crippen LogP contribution in [0.5, 0.6) is 0 Å². The summed E-state index contributed by atoms with van der Waals surface area (Å²) in [5.41, 5.74) is 2.37. The Kier molecular flexibility index (Phi) is 3.77. The van der Waals surface area contributed by atoms with Gasteiger partial charge in [-0.15, -0.1) is 0 Å². The molecule has 0 unspecified atom stereocenters. The summed E-state index contributed by atoms with van der Waals surface area (Å²) in [7, 11) is 0. The summed E-state index contributed by atoms with van der Waals surface area (Å²) < 4.78 is 5.24. The molecule has 1 N–H and O–H groups in total. The quantitative estimate of drug-likeness (QED) is 0.868. The van der Waals surface area contributed by atoms with E-state index >= 15 is 0 Å². The Morgan fingerprint density at radius 1 is 1.32 bits per heavy atom. The van der Waals surface area contributed by atoms with Crippen molar-refractivity contribution in [3.63, 3.8) is 0 Å². The first-order chi connectivity index (χ1) is 10.4. The van der Waals surface area contributed by atoms with Gasteiger partial charge in [0.25, 0.3) is 0 Å². The molecule has 1 saturated heterocycles. The molecule has 2 heterocycles. The molecular weight excluding hydrogens is 280 g/mol. The standard InChI is InChI=1S/C17H22N2O3/c1-17(2,3)16(21)19-14-6-13(11-8-22-9-11)18-15(10-4-5-10)12(14)7-20/h6-7,10-11H,4-5,8-9H2,1-3H3,(H,18,19,21). The summed E-state index contributed by atoms with van der Waals surface area (Å²) in [6.45, 7) is 6.88. The molecule has 1 aromatic heterocycles. The molecule has 2 aliphatic rings. The van der Waals surface area contributed by atoms with Crippen LogP contribution >= 0.6 is 0 Å². The van der Waals surface area contributed by atoms with Crippen LogP contribution in [0.3, 0.4) is 0 Å². The number of anilines is 1. The zero-order valence-electron chi connectivity index (χ0n) is 13.3. The summed E-state index contributed by atoms with van der Waals surface area (Å²) in [4.78, 5) is 28.5. The maximum Gasteiger partial charge on any atom is 0.229 e. The van der Waals surface area contributed by atoms with Crippen molar-refractivity contribution in [2.24, 2.45) is 5.41 Å². The van der Waals surface area contributed by atoms with Crippen LogP contribution in [0.15, 0.2) is 6.07 Å². The zero-order valence-corrected chi connectivity index (χ0v) is 13.3. The van der Waals surface area contributed by atoms with Gasteiger partial charge in [-0.05, 0) is 18.9 Å². The SMILES string of the molecule is CC(C)(C)C(=O)Nc1cc(C2COC2)nc(C2CC2)c1C=O. The van der Waals surface area contributed by atoms with E-state index in [1.807, 2.05) is 26.8 Å². The van der Waals surface area contributed by atoms with E-state index in [0.29, 0.717) is 30.4 Å². The molecular formula is C17H22N2O3. The second-order valence-corrected chi connectivity index (χ2v) is 7.22. The van der Waals surface area contributed by atoms with Crippen LogP contribution in [0.2, 0.25) is 0 Å². The molecule has 22 heavy (non-hydrogen) atoms. The van der Waals surface area contributed by atoms with E-state index in [-0.39, 0.29) is 11.8 Å². The predicted molar refractivity (Wildman–Crippen MR) is 83.2 cm³/mol. The van der Waals surface area contributed by atoms with Crippen molar-refractivity contribution in [1.82, 2.24) is 4.98 Å². The van der Waals surface area contributed by atoms with Gasteiger partial charge in [0.1, 0.15) is 0 Å². The molecule has 1 saturated carbocycles. The zero-order chi connectivity index (χ0) is 15.9. The number of nitrogens with zero attached hydrogens (tertiary/aromatic N) is 1. The lowest BCUT2D eigenvalue weighted by molar-refractivity contribution is -0.123. The smallest absolute Gasteiger partial charge is 0.229 e. The molecule has 5 nitrogen and oxygen atoms in total. The average molecular weight is 302 g/mol. The van der Waals surface area contributed by atoms with Gasteiger partial charge < -0.3 is 10.1 Å². The van der Waals surface area contributed by atoms with Crippen LogP contribution in [0.4, 0.5) is 5.69 Å². The normalized spacial score (nSPS) is 18.7. The monoisotopic (exact) mass is 302 g/mol. The highest BCUT2D eigenvalue weighted by atomic mass is 16.5. The third-order valence-electron chi connectivity index (χ3n) is 4.18. The molecule has 0 radical (unpaired) electrons. The second kappa shape index (κ2) is 5.47. The third kappa shape index (κ3) is 2.90. The van der Waals surface area contributed by atoms with Gasteiger partial charge in [0, 0.05) is 17.3 Å². The van der Waals surface area contributed by atoms with Gasteiger partial charge >= 0.3 is 0 Å². The Labute approximate surface area is 130 Å². The first-order valence-corrected chi connectivity index (χ1v) is 7.79. The van der Waals surface area contributed by atoms with E-state index in [0.717, 1.165) is 30.5 Å². The summed E-state index contributed by atoms with van der Waals surface area (Å²) in [6, 6.07) is 1.84. The third-order valence-corrected chi connectivity index (χ3v) is 4.18. The maximum atomic E-state index is 12.3. The first-order valence-electron chi connectivity index (χ1n) is 7.79. The predicted octanol–water partition coefficient (Wildman–Crippen LogP) is 2.87. The number of carbonyl (C=O) groups is 2. The number of hydrogen-bond donors (Lipinski definition) is 1. The van der Waals surface area contributed by atoms with Crippen molar-refractivity contribution in [1.29, 1.82) is 0 Å². The fourth-order valence-corrected chi connectivity index (χ4v) is 2.42. The first kappa shape index (κ1) is 15.2. The van der Waals surface area contributed by atoms with E-state index in [9.17, 15) is 9.59 Å². The number of nitrogens with one attached hydrogen (secondary N) is 1. The van der Waals surface area contributed by atoms with E-state index in [2.05, 4.69) is 5.32 Å². The summed E-state index contributed by atoms with van der Waals surface area (Å²) >= 11 is 0. The number of rotatable bonds is 4. The Balaban J connectivity index is 1.99. The van der Waals surface area contributed by atoms with Crippen molar-refractivity contribution >= 4 is 17.9 Å². The second-order valence-electron chi connectivity index (χ2n) is 7.22. The van der Waals surface area contributed by atoms with Crippen molar-refractivity contribution < 1.29 is 14.3 Å². The molecule has 0 atom stereocenters. The fourth-order valence-electron chi connectivity index (χ4n) is 2.42. The van der Waals surface area contributed by atoms with Gasteiger partial charge in [-0.1, -0.05) is 20.8 Å².